The van der Waals surface area contributed by atoms with E-state index in [1.54, 1.807) is 7.11 Å². The fourth-order valence-corrected chi connectivity index (χ4v) is 1.97. The van der Waals surface area contributed by atoms with Gasteiger partial charge < -0.3 is 14.2 Å². The Morgan fingerprint density at radius 1 is 0.900 bits per heavy atom. The molecule has 4 heteroatoms. The van der Waals surface area contributed by atoms with Crippen LogP contribution in [-0.4, -0.2) is 12.6 Å². The maximum absolute atomic E-state index is 5.80. The monoisotopic (exact) mass is 336 g/mol. The molecule has 0 N–H and O–H groups in total. The van der Waals surface area contributed by atoms with Gasteiger partial charge in [0.25, 0.3) is 0 Å². The van der Waals surface area contributed by atoms with Gasteiger partial charge in [0.05, 0.1) is 13.7 Å². The van der Waals surface area contributed by atoms with E-state index in [0.717, 1.165) is 22.6 Å². The van der Waals surface area contributed by atoms with Gasteiger partial charge in [-0.1, -0.05) is 52.3 Å². The van der Waals surface area contributed by atoms with E-state index < -0.39 is 0 Å². The molecular weight excluding hydrogens is 320 g/mol. The van der Waals surface area contributed by atoms with E-state index in [2.05, 4.69) is 15.9 Å². The van der Waals surface area contributed by atoms with Crippen molar-refractivity contribution in [3.8, 4) is 11.5 Å². The van der Waals surface area contributed by atoms with Gasteiger partial charge in [0.1, 0.15) is 12.1 Å². The lowest BCUT2D eigenvalue weighted by Gasteiger charge is -2.12. The first kappa shape index (κ1) is 14.9. The van der Waals surface area contributed by atoms with Crippen LogP contribution in [0.5, 0.6) is 11.5 Å². The van der Waals surface area contributed by atoms with Crippen LogP contribution in [-0.2, 0) is 18.0 Å². The summed E-state index contributed by atoms with van der Waals surface area (Å²) in [4.78, 5) is 0. The summed E-state index contributed by atoms with van der Waals surface area (Å²) in [5.41, 5.74) is 2.69. The molecule has 0 aromatic heterocycles. The van der Waals surface area contributed by atoms with Crippen LogP contribution >= 0.6 is 15.9 Å². The Kier molecular flexibility index (Phi) is 5.89. The van der Waals surface area contributed by atoms with Crippen LogP contribution in [0.25, 0.3) is 0 Å². The summed E-state index contributed by atoms with van der Waals surface area (Å²) in [6.07, 6.45) is 0. The van der Waals surface area contributed by atoms with Crippen LogP contribution in [0.15, 0.2) is 48.5 Å². The highest BCUT2D eigenvalue weighted by Crippen LogP contribution is 2.29. The third-order valence-corrected chi connectivity index (χ3v) is 3.13. The molecule has 0 aliphatic carbocycles. The Labute approximate surface area is 127 Å². The zero-order chi connectivity index (χ0) is 14.2. The number of benzene rings is 2. The predicted octanol–water partition coefficient (Wildman–Crippen LogP) is 4.14. The van der Waals surface area contributed by atoms with Gasteiger partial charge in [-0.25, -0.2) is 0 Å². The molecule has 20 heavy (non-hydrogen) atoms. The molecule has 106 valence electrons. The number of hydrogen-bond donors (Lipinski definition) is 0. The molecule has 3 nitrogen and oxygen atoms in total. The average Bonchev–Trinajstić information content (AvgIpc) is 2.52. The Bertz CT molecular complexity index is 529. The molecule has 2 aromatic carbocycles. The third-order valence-electron chi connectivity index (χ3n) is 2.81. The van der Waals surface area contributed by atoms with Crippen molar-refractivity contribution in [3.05, 3.63) is 59.7 Å². The first-order valence-electron chi connectivity index (χ1n) is 6.31. The second kappa shape index (κ2) is 7.92. The van der Waals surface area contributed by atoms with Gasteiger partial charge in [-0.3, -0.25) is 0 Å². The summed E-state index contributed by atoms with van der Waals surface area (Å²) in [5.74, 6) is 1.45. The lowest BCUT2D eigenvalue weighted by Crippen LogP contribution is -1.99. The van der Waals surface area contributed by atoms with Crippen LogP contribution in [0, 0.1) is 0 Å². The van der Waals surface area contributed by atoms with Crippen molar-refractivity contribution in [1.82, 2.24) is 0 Å². The van der Waals surface area contributed by atoms with E-state index in [4.69, 9.17) is 14.2 Å². The third kappa shape index (κ3) is 4.25. The molecule has 2 rings (SSSR count). The maximum atomic E-state index is 5.80. The first-order chi connectivity index (χ1) is 9.83. The number of alkyl halides is 1. The summed E-state index contributed by atoms with van der Waals surface area (Å²) < 4.78 is 16.5. The topological polar surface area (TPSA) is 27.7 Å². The lowest BCUT2D eigenvalue weighted by molar-refractivity contribution is 0.172. The lowest BCUT2D eigenvalue weighted by atomic mass is 10.2. The molecule has 0 heterocycles. The van der Waals surface area contributed by atoms with Crippen LogP contribution in [0.4, 0.5) is 0 Å². The van der Waals surface area contributed by atoms with Crippen LogP contribution in [0.2, 0.25) is 0 Å². The fraction of sp³-hybridized carbons (Fsp3) is 0.250. The van der Waals surface area contributed by atoms with E-state index >= 15 is 0 Å². The van der Waals surface area contributed by atoms with Crippen molar-refractivity contribution >= 4 is 15.9 Å². The minimum Gasteiger partial charge on any atom is -0.493 e. The quantitative estimate of drug-likeness (QED) is 0.711. The highest BCUT2D eigenvalue weighted by molar-refractivity contribution is 9.09. The Balaban J connectivity index is 2.03. The van der Waals surface area contributed by atoms with E-state index in [-0.39, 0.29) is 0 Å². The predicted molar refractivity (Wildman–Crippen MR) is 82.4 cm³/mol. The van der Waals surface area contributed by atoms with Crippen molar-refractivity contribution in [3.63, 3.8) is 0 Å². The highest BCUT2D eigenvalue weighted by atomic mass is 79.9. The van der Waals surface area contributed by atoms with Gasteiger partial charge >= 0.3 is 0 Å². The first-order valence-corrected chi connectivity index (χ1v) is 7.43. The number of ether oxygens (including phenoxy) is 3. The van der Waals surface area contributed by atoms with E-state index in [1.165, 1.54) is 0 Å². The van der Waals surface area contributed by atoms with Crippen LogP contribution in [0.1, 0.15) is 11.1 Å². The molecule has 0 radical (unpaired) electrons. The highest BCUT2D eigenvalue weighted by Gasteiger charge is 2.06. The molecule has 0 spiro atoms. The molecule has 0 atom stereocenters. The number of methoxy groups -OCH3 is 1. The Morgan fingerprint density at radius 2 is 1.70 bits per heavy atom. The van der Waals surface area contributed by atoms with Gasteiger partial charge in [0, 0.05) is 0 Å². The van der Waals surface area contributed by atoms with Gasteiger partial charge in [-0.05, 0) is 23.3 Å². The van der Waals surface area contributed by atoms with E-state index in [1.807, 2.05) is 48.5 Å². The molecule has 0 bridgehead atoms. The number of rotatable bonds is 7. The average molecular weight is 337 g/mol. The minimum absolute atomic E-state index is 0.515. The molecule has 0 saturated carbocycles. The normalized spacial score (nSPS) is 10.3. The summed E-state index contributed by atoms with van der Waals surface area (Å²) >= 11 is 3.23. The molecule has 0 amide bonds. The fourth-order valence-electron chi connectivity index (χ4n) is 1.81. The van der Waals surface area contributed by atoms with Crippen LogP contribution in [0.3, 0.4) is 0 Å². The minimum atomic E-state index is 0.515. The molecule has 2 aromatic rings. The Morgan fingerprint density at radius 3 is 2.40 bits per heavy atom. The van der Waals surface area contributed by atoms with Crippen molar-refractivity contribution in [1.29, 1.82) is 0 Å². The summed E-state index contributed by atoms with van der Waals surface area (Å²) in [6.45, 7) is 1.06. The standard InChI is InChI=1S/C16H17BrO3/c1-18-16-9-14(10-19-12-17)7-8-15(16)20-11-13-5-3-2-4-6-13/h2-9H,10-12H2,1H3. The second-order valence-corrected chi connectivity index (χ2v) is 4.67. The second-order valence-electron chi connectivity index (χ2n) is 4.22. The van der Waals surface area contributed by atoms with Gasteiger partial charge in [-0.2, -0.15) is 0 Å². The molecule has 0 unspecified atom stereocenters. The summed E-state index contributed by atoms with van der Waals surface area (Å²) in [5, 5.41) is 0. The van der Waals surface area contributed by atoms with Crippen molar-refractivity contribution in [2.45, 2.75) is 13.2 Å². The molecule has 0 saturated heterocycles. The number of hydrogen-bond acceptors (Lipinski definition) is 3. The van der Waals surface area contributed by atoms with E-state index in [0.29, 0.717) is 18.7 Å². The van der Waals surface area contributed by atoms with Gasteiger partial charge in [0.2, 0.25) is 0 Å². The van der Waals surface area contributed by atoms with Crippen molar-refractivity contribution in [2.24, 2.45) is 0 Å². The summed E-state index contributed by atoms with van der Waals surface area (Å²) in [6, 6.07) is 15.9. The van der Waals surface area contributed by atoms with Gasteiger partial charge in [0.15, 0.2) is 11.5 Å². The SMILES string of the molecule is COc1cc(COCBr)ccc1OCc1ccccc1. The molecule has 0 aliphatic rings. The van der Waals surface area contributed by atoms with Crippen LogP contribution < -0.4 is 9.47 Å². The molecule has 0 fully saturated rings. The Hall–Kier alpha value is -1.52. The zero-order valence-electron chi connectivity index (χ0n) is 11.3. The van der Waals surface area contributed by atoms with E-state index in [9.17, 15) is 0 Å². The largest absolute Gasteiger partial charge is 0.493 e. The van der Waals surface area contributed by atoms with Crippen molar-refractivity contribution in [2.75, 3.05) is 12.6 Å². The van der Waals surface area contributed by atoms with Gasteiger partial charge in [-0.15, -0.1) is 0 Å². The van der Waals surface area contributed by atoms with Crippen molar-refractivity contribution < 1.29 is 14.2 Å². The molecule has 0 aliphatic heterocycles. The smallest absolute Gasteiger partial charge is 0.161 e. The zero-order valence-corrected chi connectivity index (χ0v) is 12.9. The maximum Gasteiger partial charge on any atom is 0.161 e. The number of halogens is 1. The molecular formula is C16H17BrO3. The summed E-state index contributed by atoms with van der Waals surface area (Å²) in [7, 11) is 1.64.